The maximum absolute atomic E-state index is 13.4. The number of para-hydroxylation sites is 1. The maximum atomic E-state index is 13.4. The number of hydrogen-bond acceptors (Lipinski definition) is 3. The zero-order chi connectivity index (χ0) is 24.1. The maximum Gasteiger partial charge on any atom is 0.264 e. The number of benzene rings is 4. The molecule has 0 saturated carbocycles. The molecule has 0 unspecified atom stereocenters. The molecule has 0 heterocycles. The monoisotopic (exact) mass is 510 g/mol. The first-order valence-electron chi connectivity index (χ1n) is 10.3. The number of rotatable bonds is 7. The van der Waals surface area contributed by atoms with E-state index in [0.717, 1.165) is 5.56 Å². The summed E-state index contributed by atoms with van der Waals surface area (Å²) < 4.78 is 28.2. The molecule has 0 fully saturated rings. The summed E-state index contributed by atoms with van der Waals surface area (Å²) >= 11 is 12.2. The Morgan fingerprint density at radius 1 is 0.765 bits per heavy atom. The van der Waals surface area contributed by atoms with Crippen molar-refractivity contribution in [1.29, 1.82) is 0 Å². The number of carbonyl (C=O) groups is 1. The topological polar surface area (TPSA) is 66.5 Å². The van der Waals surface area contributed by atoms with Crippen molar-refractivity contribution < 1.29 is 13.2 Å². The van der Waals surface area contributed by atoms with Crippen LogP contribution >= 0.6 is 23.2 Å². The lowest BCUT2D eigenvalue weighted by Gasteiger charge is -2.25. The minimum atomic E-state index is -3.80. The minimum Gasteiger partial charge on any atom is -0.321 e. The molecular formula is C26H20Cl2N2O3S. The highest BCUT2D eigenvalue weighted by molar-refractivity contribution is 7.92. The highest BCUT2D eigenvalue weighted by atomic mass is 35.5. The third-order valence-corrected chi connectivity index (χ3v) is 7.72. The van der Waals surface area contributed by atoms with Gasteiger partial charge in [-0.25, -0.2) is 8.42 Å². The summed E-state index contributed by atoms with van der Waals surface area (Å²) in [6.45, 7) is 0.100. The van der Waals surface area contributed by atoms with Crippen molar-refractivity contribution in [3.63, 3.8) is 0 Å². The molecule has 0 saturated heterocycles. The first kappa shape index (κ1) is 23.8. The molecule has 0 aliphatic carbocycles. The highest BCUT2D eigenvalue weighted by Gasteiger charge is 2.25. The summed E-state index contributed by atoms with van der Waals surface area (Å²) in [4.78, 5) is 12.9. The van der Waals surface area contributed by atoms with Crippen LogP contribution in [0.5, 0.6) is 0 Å². The summed E-state index contributed by atoms with van der Waals surface area (Å²) in [5.41, 5.74) is 2.08. The third-order valence-electron chi connectivity index (χ3n) is 5.12. The second-order valence-corrected chi connectivity index (χ2v) is 10.1. The number of amides is 1. The molecule has 0 spiro atoms. The van der Waals surface area contributed by atoms with Gasteiger partial charge in [0.05, 0.1) is 32.9 Å². The quantitative estimate of drug-likeness (QED) is 0.303. The molecular weight excluding hydrogens is 491 g/mol. The zero-order valence-corrected chi connectivity index (χ0v) is 20.2. The molecule has 4 aromatic rings. The Morgan fingerprint density at radius 2 is 1.38 bits per heavy atom. The lowest BCUT2D eigenvalue weighted by atomic mass is 10.1. The van der Waals surface area contributed by atoms with E-state index in [9.17, 15) is 13.2 Å². The van der Waals surface area contributed by atoms with Crippen LogP contribution in [0.4, 0.5) is 11.4 Å². The van der Waals surface area contributed by atoms with E-state index in [2.05, 4.69) is 5.32 Å². The van der Waals surface area contributed by atoms with Gasteiger partial charge in [0.25, 0.3) is 15.9 Å². The zero-order valence-electron chi connectivity index (χ0n) is 17.9. The van der Waals surface area contributed by atoms with Gasteiger partial charge in [-0.15, -0.1) is 0 Å². The van der Waals surface area contributed by atoms with Gasteiger partial charge in [-0.2, -0.15) is 0 Å². The molecule has 4 rings (SSSR count). The summed E-state index contributed by atoms with van der Waals surface area (Å²) in [6, 6.07) is 28.9. The lowest BCUT2D eigenvalue weighted by molar-refractivity contribution is 0.102. The highest BCUT2D eigenvalue weighted by Crippen LogP contribution is 2.30. The molecule has 0 radical (unpaired) electrons. The summed E-state index contributed by atoms with van der Waals surface area (Å²) in [7, 11) is -3.80. The van der Waals surface area contributed by atoms with Crippen LogP contribution in [0.1, 0.15) is 15.9 Å². The van der Waals surface area contributed by atoms with E-state index in [0.29, 0.717) is 22.0 Å². The van der Waals surface area contributed by atoms with Gasteiger partial charge < -0.3 is 5.32 Å². The van der Waals surface area contributed by atoms with E-state index < -0.39 is 10.0 Å². The average molecular weight is 511 g/mol. The molecule has 8 heteroatoms. The smallest absolute Gasteiger partial charge is 0.264 e. The largest absolute Gasteiger partial charge is 0.321 e. The Kier molecular flexibility index (Phi) is 7.22. The molecule has 34 heavy (non-hydrogen) atoms. The molecule has 1 N–H and O–H groups in total. The first-order chi connectivity index (χ1) is 16.4. The predicted octanol–water partition coefficient (Wildman–Crippen LogP) is 6.64. The molecule has 1 amide bonds. The standard InChI is InChI=1S/C26H20Cl2N2O3S/c27-23-12-7-13-24(25(23)28)29-26(31)20-16-14-19(15-17-20)18-30(21-8-3-1-4-9-21)34(32,33)22-10-5-2-6-11-22/h1-17H,18H2,(H,29,31). The van der Waals surface area contributed by atoms with Gasteiger partial charge in [0.2, 0.25) is 0 Å². The number of sulfonamides is 1. The van der Waals surface area contributed by atoms with E-state index in [1.165, 1.54) is 4.31 Å². The van der Waals surface area contributed by atoms with Gasteiger partial charge >= 0.3 is 0 Å². The van der Waals surface area contributed by atoms with E-state index >= 15 is 0 Å². The van der Waals surface area contributed by atoms with Crippen LogP contribution < -0.4 is 9.62 Å². The van der Waals surface area contributed by atoms with Gasteiger partial charge in [-0.3, -0.25) is 9.10 Å². The van der Waals surface area contributed by atoms with Gasteiger partial charge in [-0.1, -0.05) is 77.8 Å². The van der Waals surface area contributed by atoms with Gasteiger partial charge in [0.15, 0.2) is 0 Å². The second-order valence-electron chi connectivity index (χ2n) is 7.41. The number of carbonyl (C=O) groups excluding carboxylic acids is 1. The molecule has 0 atom stereocenters. The Balaban J connectivity index is 1.58. The Bertz CT molecular complexity index is 1400. The van der Waals surface area contributed by atoms with Gasteiger partial charge in [0.1, 0.15) is 0 Å². The van der Waals surface area contributed by atoms with Crippen LogP contribution in [0, 0.1) is 0 Å². The second kappa shape index (κ2) is 10.3. The molecule has 0 aromatic heterocycles. The van der Waals surface area contributed by atoms with Gasteiger partial charge in [0, 0.05) is 5.56 Å². The Hall–Kier alpha value is -3.32. The van der Waals surface area contributed by atoms with E-state index in [1.807, 2.05) is 6.07 Å². The van der Waals surface area contributed by atoms with Crippen molar-refractivity contribution in [3.05, 3.63) is 124 Å². The third kappa shape index (κ3) is 5.25. The van der Waals surface area contributed by atoms with Crippen molar-refractivity contribution in [3.8, 4) is 0 Å². The summed E-state index contributed by atoms with van der Waals surface area (Å²) in [6.07, 6.45) is 0. The average Bonchev–Trinajstić information content (AvgIpc) is 2.86. The predicted molar refractivity (Wildman–Crippen MR) is 137 cm³/mol. The van der Waals surface area contributed by atoms with Crippen LogP contribution in [0.3, 0.4) is 0 Å². The summed E-state index contributed by atoms with van der Waals surface area (Å²) in [5.74, 6) is -0.354. The summed E-state index contributed by atoms with van der Waals surface area (Å²) in [5, 5.41) is 3.34. The fourth-order valence-electron chi connectivity index (χ4n) is 3.35. The number of nitrogens with one attached hydrogen (secondary N) is 1. The Morgan fingerprint density at radius 3 is 2.03 bits per heavy atom. The molecule has 172 valence electrons. The van der Waals surface area contributed by atoms with Crippen LogP contribution in [0.15, 0.2) is 108 Å². The SMILES string of the molecule is O=C(Nc1cccc(Cl)c1Cl)c1ccc(CN(c2ccccc2)S(=O)(=O)c2ccccc2)cc1. The van der Waals surface area contributed by atoms with Crippen molar-refractivity contribution in [2.24, 2.45) is 0 Å². The van der Waals surface area contributed by atoms with Crippen molar-refractivity contribution in [2.75, 3.05) is 9.62 Å². The molecule has 4 aromatic carbocycles. The molecule has 0 aliphatic rings. The number of halogens is 2. The van der Waals surface area contributed by atoms with E-state index in [-0.39, 0.29) is 22.4 Å². The normalized spacial score (nSPS) is 11.1. The van der Waals surface area contributed by atoms with Crippen LogP contribution in [-0.4, -0.2) is 14.3 Å². The van der Waals surface area contributed by atoms with Crippen molar-refractivity contribution in [2.45, 2.75) is 11.4 Å². The Labute approximate surface area is 208 Å². The number of hydrogen-bond donors (Lipinski definition) is 1. The number of nitrogens with zero attached hydrogens (tertiary/aromatic N) is 1. The molecule has 0 bridgehead atoms. The fraction of sp³-hybridized carbons (Fsp3) is 0.0385. The molecule has 0 aliphatic heterocycles. The first-order valence-corrected chi connectivity index (χ1v) is 12.5. The van der Waals surface area contributed by atoms with Crippen LogP contribution in [0.2, 0.25) is 10.0 Å². The lowest BCUT2D eigenvalue weighted by Crippen LogP contribution is -2.30. The van der Waals surface area contributed by atoms with Crippen LogP contribution in [-0.2, 0) is 16.6 Å². The van der Waals surface area contributed by atoms with E-state index in [4.69, 9.17) is 23.2 Å². The fourth-order valence-corrected chi connectivity index (χ4v) is 5.17. The van der Waals surface area contributed by atoms with E-state index in [1.54, 1.807) is 97.1 Å². The van der Waals surface area contributed by atoms with Gasteiger partial charge in [-0.05, 0) is 54.1 Å². The number of anilines is 2. The molecule has 5 nitrogen and oxygen atoms in total. The van der Waals surface area contributed by atoms with Crippen molar-refractivity contribution in [1.82, 2.24) is 0 Å². The minimum absolute atomic E-state index is 0.100. The van der Waals surface area contributed by atoms with Crippen LogP contribution in [0.25, 0.3) is 0 Å². The van der Waals surface area contributed by atoms with Crippen molar-refractivity contribution >= 4 is 50.5 Å².